The monoisotopic (exact) mass is 680 g/mol. The molecule has 0 bridgehead atoms. The molecule has 0 amide bonds. The van der Waals surface area contributed by atoms with Gasteiger partial charge in [-0.15, -0.1) is 0 Å². The summed E-state index contributed by atoms with van der Waals surface area (Å²) in [6, 6.07) is 67.2. The second-order valence-electron chi connectivity index (χ2n) is 13.2. The van der Waals surface area contributed by atoms with Gasteiger partial charge in [0.1, 0.15) is 0 Å². The number of hydrogen-bond acceptors (Lipinski definition) is 3. The van der Waals surface area contributed by atoms with E-state index in [1.807, 2.05) is 60.7 Å². The van der Waals surface area contributed by atoms with Gasteiger partial charge in [0.15, 0.2) is 25.5 Å². The zero-order valence-electron chi connectivity index (χ0n) is 28.3. The molecular weight excluding hydrogens is 649 g/mol. The molecule has 0 fully saturated rings. The number of aromatic nitrogens is 4. The minimum absolute atomic E-state index is 0.641. The van der Waals surface area contributed by atoms with Crippen molar-refractivity contribution in [2.75, 3.05) is 0 Å². The van der Waals surface area contributed by atoms with Crippen molar-refractivity contribution in [3.8, 4) is 51.0 Å². The van der Waals surface area contributed by atoms with E-state index in [1.165, 1.54) is 42.8 Å². The number of nitrogens with zero attached hydrogens (tertiary/aromatic N) is 4. The first-order chi connectivity index (χ1) is 25.8. The Bertz CT molecular complexity index is 2630. The Balaban J connectivity index is 1.17. The van der Waals surface area contributed by atoms with Gasteiger partial charge >= 0.3 is 0 Å². The van der Waals surface area contributed by atoms with Crippen LogP contribution in [0.3, 0.4) is 0 Å². The van der Waals surface area contributed by atoms with Crippen molar-refractivity contribution in [3.05, 3.63) is 194 Å². The van der Waals surface area contributed by atoms with Gasteiger partial charge in [-0.1, -0.05) is 164 Å². The first kappa shape index (κ1) is 30.2. The van der Waals surface area contributed by atoms with Crippen LogP contribution in [-0.2, 0) is 0 Å². The van der Waals surface area contributed by atoms with Crippen molar-refractivity contribution in [2.24, 2.45) is 0 Å². The van der Waals surface area contributed by atoms with Crippen LogP contribution in [0, 0.1) is 0 Å². The lowest BCUT2D eigenvalue weighted by atomic mass is 10.0. The van der Waals surface area contributed by atoms with Gasteiger partial charge in [-0.2, -0.15) is 0 Å². The van der Waals surface area contributed by atoms with E-state index in [1.54, 1.807) is 0 Å². The first-order valence-corrected chi connectivity index (χ1v) is 19.6. The minimum atomic E-state index is -2.66. The fraction of sp³-hybridized carbons (Fsp3) is 0. The molecule has 0 radical (unpaired) electrons. The topological polar surface area (TPSA) is 43.6 Å². The van der Waals surface area contributed by atoms with Crippen LogP contribution in [0.4, 0.5) is 0 Å². The molecule has 1 aliphatic rings. The zero-order chi connectivity index (χ0) is 34.5. The molecule has 7 aromatic carbocycles. The van der Waals surface area contributed by atoms with Crippen LogP contribution in [0.25, 0.3) is 61.9 Å². The van der Waals surface area contributed by atoms with E-state index in [9.17, 15) is 0 Å². The van der Waals surface area contributed by atoms with Crippen LogP contribution in [0.5, 0.6) is 0 Å². The van der Waals surface area contributed by atoms with Crippen LogP contribution in [-0.4, -0.2) is 27.6 Å². The maximum absolute atomic E-state index is 5.01. The summed E-state index contributed by atoms with van der Waals surface area (Å²) >= 11 is 0. The number of rotatable bonds is 6. The van der Waals surface area contributed by atoms with Crippen LogP contribution in [0.15, 0.2) is 194 Å². The lowest BCUT2D eigenvalue weighted by Crippen LogP contribution is -2.72. The molecule has 244 valence electrons. The molecule has 0 spiro atoms. The van der Waals surface area contributed by atoms with E-state index in [4.69, 9.17) is 15.0 Å². The highest BCUT2D eigenvalue weighted by molar-refractivity contribution is 7.23. The summed E-state index contributed by atoms with van der Waals surface area (Å²) in [7, 11) is -2.66. The predicted octanol–water partition coefficient (Wildman–Crippen LogP) is 8.17. The molecule has 0 N–H and O–H groups in total. The lowest BCUT2D eigenvalue weighted by molar-refractivity contribution is 1.07. The maximum atomic E-state index is 5.01. The van der Waals surface area contributed by atoms with Gasteiger partial charge in [-0.05, 0) is 56.1 Å². The number of benzene rings is 7. The summed E-state index contributed by atoms with van der Waals surface area (Å²) in [5.74, 6) is 1.95. The lowest BCUT2D eigenvalue weighted by Gasteiger charge is -2.31. The van der Waals surface area contributed by atoms with Gasteiger partial charge in [0.05, 0.1) is 5.52 Å². The SMILES string of the molecule is c1ccc(-c2nc(-c3ccccc3)nc(-c3cccc(-n4ccc5c6c(ccc54)-c4ccccc4[Si]6(c4ccccc4)c4ccccc4)c3)n2)cc1. The third-order valence-corrected chi connectivity index (χ3v) is 15.3. The van der Waals surface area contributed by atoms with Crippen molar-refractivity contribution in [3.63, 3.8) is 0 Å². The van der Waals surface area contributed by atoms with E-state index >= 15 is 0 Å². The molecule has 0 saturated carbocycles. The molecule has 0 saturated heterocycles. The second kappa shape index (κ2) is 12.3. The molecular formula is C47H32N4Si. The van der Waals surface area contributed by atoms with E-state index < -0.39 is 8.07 Å². The zero-order valence-corrected chi connectivity index (χ0v) is 29.3. The van der Waals surface area contributed by atoms with Gasteiger partial charge in [-0.25, -0.2) is 15.0 Å². The van der Waals surface area contributed by atoms with E-state index in [0.29, 0.717) is 17.5 Å². The largest absolute Gasteiger partial charge is 0.317 e. The summed E-state index contributed by atoms with van der Waals surface area (Å²) in [4.78, 5) is 14.9. The average Bonchev–Trinajstić information content (AvgIpc) is 3.80. The molecule has 0 atom stereocenters. The standard InChI is InChI=1S/C47H32N4Si/c1-5-16-33(17-6-1)45-48-46(34-18-7-2-8-19-34)50-47(49-45)35-20-15-21-36(32-35)51-31-30-41-42(51)29-28-40-39-26-13-14-27-43(39)52(44(40)41,37-22-9-3-10-23-37)38-24-11-4-12-25-38/h1-32H. The summed E-state index contributed by atoms with van der Waals surface area (Å²) < 4.78 is 2.31. The Kier molecular flexibility index (Phi) is 7.11. The highest BCUT2D eigenvalue weighted by Gasteiger charge is 2.49. The molecule has 3 heterocycles. The van der Waals surface area contributed by atoms with Crippen molar-refractivity contribution in [2.45, 2.75) is 0 Å². The summed E-state index contributed by atoms with van der Waals surface area (Å²) in [5, 5.41) is 6.98. The molecule has 52 heavy (non-hydrogen) atoms. The Morgan fingerprint density at radius 2 is 0.923 bits per heavy atom. The maximum Gasteiger partial charge on any atom is 0.181 e. The fourth-order valence-corrected chi connectivity index (χ4v) is 13.5. The van der Waals surface area contributed by atoms with Crippen molar-refractivity contribution >= 4 is 39.7 Å². The molecule has 1 aliphatic heterocycles. The highest BCUT2D eigenvalue weighted by atomic mass is 28.3. The van der Waals surface area contributed by atoms with Gasteiger partial charge < -0.3 is 4.57 Å². The van der Waals surface area contributed by atoms with Gasteiger partial charge in [-0.3, -0.25) is 0 Å². The van der Waals surface area contributed by atoms with Gasteiger partial charge in [0.25, 0.3) is 0 Å². The molecule has 2 aromatic heterocycles. The van der Waals surface area contributed by atoms with E-state index in [-0.39, 0.29) is 0 Å². The first-order valence-electron chi connectivity index (χ1n) is 17.6. The fourth-order valence-electron chi connectivity index (χ4n) is 8.13. The van der Waals surface area contributed by atoms with Crippen LogP contribution in [0.2, 0.25) is 0 Å². The van der Waals surface area contributed by atoms with Crippen molar-refractivity contribution in [1.29, 1.82) is 0 Å². The summed E-state index contributed by atoms with van der Waals surface area (Å²) in [5.41, 5.74) is 7.75. The summed E-state index contributed by atoms with van der Waals surface area (Å²) in [6.45, 7) is 0. The molecule has 9 aromatic rings. The smallest absolute Gasteiger partial charge is 0.181 e. The number of hydrogen-bond donors (Lipinski definition) is 0. The highest BCUT2D eigenvalue weighted by Crippen LogP contribution is 2.34. The number of fused-ring (bicyclic) bond motifs is 5. The molecule has 5 heteroatoms. The molecule has 10 rings (SSSR count). The Morgan fingerprint density at radius 3 is 1.54 bits per heavy atom. The van der Waals surface area contributed by atoms with Crippen LogP contribution >= 0.6 is 0 Å². The molecule has 0 unspecified atom stereocenters. The van der Waals surface area contributed by atoms with Crippen LogP contribution in [0.1, 0.15) is 0 Å². The minimum Gasteiger partial charge on any atom is -0.317 e. The summed E-state index contributed by atoms with van der Waals surface area (Å²) in [6.07, 6.45) is 2.22. The Labute approximate surface area is 303 Å². The van der Waals surface area contributed by atoms with E-state index in [0.717, 1.165) is 22.4 Å². The predicted molar refractivity (Wildman–Crippen MR) is 216 cm³/mol. The second-order valence-corrected chi connectivity index (χ2v) is 16.9. The third-order valence-electron chi connectivity index (χ3n) is 10.4. The van der Waals surface area contributed by atoms with Crippen molar-refractivity contribution < 1.29 is 0 Å². The Hall–Kier alpha value is -6.69. The molecule has 0 aliphatic carbocycles. The third kappa shape index (κ3) is 4.71. The van der Waals surface area contributed by atoms with Gasteiger partial charge in [0, 0.05) is 34.0 Å². The normalized spacial score (nSPS) is 12.8. The van der Waals surface area contributed by atoms with Gasteiger partial charge in [0.2, 0.25) is 0 Å². The average molecular weight is 681 g/mol. The molecule has 4 nitrogen and oxygen atoms in total. The van der Waals surface area contributed by atoms with E-state index in [2.05, 4.69) is 138 Å². The van der Waals surface area contributed by atoms with Crippen molar-refractivity contribution in [1.82, 2.24) is 19.5 Å². The van der Waals surface area contributed by atoms with Crippen LogP contribution < -0.4 is 20.7 Å². The quantitative estimate of drug-likeness (QED) is 0.167. The Morgan fingerprint density at radius 1 is 0.404 bits per heavy atom.